The van der Waals surface area contributed by atoms with Crippen molar-refractivity contribution < 1.29 is 4.74 Å². The molecule has 0 aliphatic carbocycles. The zero-order chi connectivity index (χ0) is 15.1. The molecule has 1 fully saturated rings. The number of para-hydroxylation sites is 1. The summed E-state index contributed by atoms with van der Waals surface area (Å²) in [5, 5.41) is 0. The zero-order valence-electron chi connectivity index (χ0n) is 13.2. The third-order valence-corrected chi connectivity index (χ3v) is 4.04. The van der Waals surface area contributed by atoms with E-state index in [-0.39, 0.29) is 0 Å². The molecular formula is C17H27N3O. The topological polar surface area (TPSA) is 50.9 Å². The third-order valence-electron chi connectivity index (χ3n) is 4.04. The van der Waals surface area contributed by atoms with Gasteiger partial charge in [0.1, 0.15) is 5.75 Å². The average Bonchev–Trinajstić information content (AvgIpc) is 2.50. The number of likely N-dealkylation sites (tertiary alicyclic amines) is 1. The number of nitrogens with two attached hydrogens (primary N) is 1. The van der Waals surface area contributed by atoms with Gasteiger partial charge in [-0.1, -0.05) is 25.1 Å². The molecule has 2 N–H and O–H groups in total. The summed E-state index contributed by atoms with van der Waals surface area (Å²) in [7, 11) is 0. The second-order valence-corrected chi connectivity index (χ2v) is 5.70. The Morgan fingerprint density at radius 1 is 1.33 bits per heavy atom. The molecule has 2 rings (SSSR count). The number of guanidine groups is 1. The Morgan fingerprint density at radius 3 is 2.76 bits per heavy atom. The first-order valence-electron chi connectivity index (χ1n) is 7.96. The molecule has 1 aromatic rings. The smallest absolute Gasteiger partial charge is 0.191 e. The fourth-order valence-corrected chi connectivity index (χ4v) is 2.64. The molecule has 1 saturated heterocycles. The Labute approximate surface area is 128 Å². The Hall–Kier alpha value is -1.71. The first-order valence-corrected chi connectivity index (χ1v) is 7.96. The summed E-state index contributed by atoms with van der Waals surface area (Å²) in [4.78, 5) is 6.74. The van der Waals surface area contributed by atoms with Crippen LogP contribution in [-0.4, -0.2) is 37.1 Å². The SMILES string of the molecule is CCOc1ccccc1CCN=C(N)N1CCC(C)CC1. The summed E-state index contributed by atoms with van der Waals surface area (Å²) in [6.45, 7) is 7.77. The van der Waals surface area contributed by atoms with Gasteiger partial charge in [0.25, 0.3) is 0 Å². The molecule has 0 saturated carbocycles. The summed E-state index contributed by atoms with van der Waals surface area (Å²) in [6, 6.07) is 8.15. The molecule has 0 aromatic heterocycles. The van der Waals surface area contributed by atoms with Gasteiger partial charge in [0, 0.05) is 19.6 Å². The summed E-state index contributed by atoms with van der Waals surface area (Å²) >= 11 is 0. The normalized spacial score (nSPS) is 17.0. The van der Waals surface area contributed by atoms with E-state index in [9.17, 15) is 0 Å². The van der Waals surface area contributed by atoms with Crippen molar-refractivity contribution in [1.82, 2.24) is 4.90 Å². The number of aliphatic imine (C=N–C) groups is 1. The molecular weight excluding hydrogens is 262 g/mol. The van der Waals surface area contributed by atoms with Crippen LogP contribution in [0.2, 0.25) is 0 Å². The van der Waals surface area contributed by atoms with E-state index < -0.39 is 0 Å². The zero-order valence-corrected chi connectivity index (χ0v) is 13.2. The first-order chi connectivity index (χ1) is 10.2. The van der Waals surface area contributed by atoms with Crippen LogP contribution in [0.4, 0.5) is 0 Å². The molecule has 1 aliphatic rings. The van der Waals surface area contributed by atoms with Crippen molar-refractivity contribution in [2.45, 2.75) is 33.1 Å². The van der Waals surface area contributed by atoms with E-state index in [1.165, 1.54) is 18.4 Å². The highest BCUT2D eigenvalue weighted by atomic mass is 16.5. The van der Waals surface area contributed by atoms with Crippen LogP contribution >= 0.6 is 0 Å². The van der Waals surface area contributed by atoms with Crippen LogP contribution in [0.15, 0.2) is 29.3 Å². The molecule has 0 spiro atoms. The monoisotopic (exact) mass is 289 g/mol. The van der Waals surface area contributed by atoms with E-state index in [2.05, 4.69) is 22.9 Å². The Balaban J connectivity index is 1.86. The predicted octanol–water partition coefficient (Wildman–Crippen LogP) is 2.67. The number of benzene rings is 1. The summed E-state index contributed by atoms with van der Waals surface area (Å²) in [5.74, 6) is 2.46. The number of rotatable bonds is 5. The number of nitrogens with zero attached hydrogens (tertiary/aromatic N) is 2. The highest BCUT2D eigenvalue weighted by Crippen LogP contribution is 2.19. The van der Waals surface area contributed by atoms with Gasteiger partial charge in [-0.3, -0.25) is 4.99 Å². The molecule has 4 nitrogen and oxygen atoms in total. The second kappa shape index (κ2) is 7.91. The fraction of sp³-hybridized carbons (Fsp3) is 0.588. The van der Waals surface area contributed by atoms with Gasteiger partial charge in [-0.2, -0.15) is 0 Å². The molecule has 116 valence electrons. The molecule has 1 aromatic carbocycles. The number of ether oxygens (including phenoxy) is 1. The largest absolute Gasteiger partial charge is 0.494 e. The quantitative estimate of drug-likeness (QED) is 0.670. The standard InChI is InChI=1S/C17H27N3O/c1-3-21-16-7-5-4-6-15(16)8-11-19-17(18)20-12-9-14(2)10-13-20/h4-7,14H,3,8-13H2,1-2H3,(H2,18,19). The summed E-state index contributed by atoms with van der Waals surface area (Å²) in [5.41, 5.74) is 7.30. The molecule has 0 unspecified atom stereocenters. The second-order valence-electron chi connectivity index (χ2n) is 5.70. The number of hydrogen-bond acceptors (Lipinski definition) is 2. The van der Waals surface area contributed by atoms with Gasteiger partial charge in [-0.05, 0) is 43.7 Å². The lowest BCUT2D eigenvalue weighted by molar-refractivity contribution is 0.277. The maximum Gasteiger partial charge on any atom is 0.191 e. The van der Waals surface area contributed by atoms with Crippen molar-refractivity contribution in [2.24, 2.45) is 16.6 Å². The van der Waals surface area contributed by atoms with Crippen molar-refractivity contribution >= 4 is 5.96 Å². The van der Waals surface area contributed by atoms with Crippen molar-refractivity contribution in [2.75, 3.05) is 26.2 Å². The highest BCUT2D eigenvalue weighted by Gasteiger charge is 2.16. The first kappa shape index (κ1) is 15.7. The van der Waals surface area contributed by atoms with Gasteiger partial charge in [-0.15, -0.1) is 0 Å². The molecule has 1 heterocycles. The Kier molecular flexibility index (Phi) is 5.90. The Bertz CT molecular complexity index is 465. The minimum atomic E-state index is 0.689. The van der Waals surface area contributed by atoms with Crippen LogP contribution < -0.4 is 10.5 Å². The summed E-state index contributed by atoms with van der Waals surface area (Å²) in [6.07, 6.45) is 3.29. The minimum Gasteiger partial charge on any atom is -0.494 e. The van der Waals surface area contributed by atoms with E-state index in [1.54, 1.807) is 0 Å². The number of piperidine rings is 1. The highest BCUT2D eigenvalue weighted by molar-refractivity contribution is 5.78. The van der Waals surface area contributed by atoms with Gasteiger partial charge in [-0.25, -0.2) is 0 Å². The van der Waals surface area contributed by atoms with Crippen molar-refractivity contribution in [3.63, 3.8) is 0 Å². The van der Waals surface area contributed by atoms with Crippen LogP contribution in [0.3, 0.4) is 0 Å². The third kappa shape index (κ3) is 4.66. The minimum absolute atomic E-state index is 0.689. The van der Waals surface area contributed by atoms with Crippen LogP contribution in [0.1, 0.15) is 32.3 Å². The molecule has 1 aliphatic heterocycles. The van der Waals surface area contributed by atoms with Gasteiger partial charge in [0.05, 0.1) is 6.61 Å². The molecule has 4 heteroatoms. The van der Waals surface area contributed by atoms with Gasteiger partial charge in [0.2, 0.25) is 0 Å². The molecule has 0 radical (unpaired) electrons. The van der Waals surface area contributed by atoms with Crippen LogP contribution in [0.25, 0.3) is 0 Å². The molecule has 0 atom stereocenters. The van der Waals surface area contributed by atoms with Crippen LogP contribution in [-0.2, 0) is 6.42 Å². The predicted molar refractivity (Wildman–Crippen MR) is 87.8 cm³/mol. The van der Waals surface area contributed by atoms with E-state index in [4.69, 9.17) is 10.5 Å². The Morgan fingerprint density at radius 2 is 2.05 bits per heavy atom. The average molecular weight is 289 g/mol. The van der Waals surface area contributed by atoms with Crippen molar-refractivity contribution in [3.05, 3.63) is 29.8 Å². The van der Waals surface area contributed by atoms with E-state index >= 15 is 0 Å². The number of hydrogen-bond donors (Lipinski definition) is 1. The molecule has 0 bridgehead atoms. The van der Waals surface area contributed by atoms with E-state index in [0.717, 1.165) is 31.2 Å². The van der Waals surface area contributed by atoms with Gasteiger partial charge >= 0.3 is 0 Å². The lowest BCUT2D eigenvalue weighted by Crippen LogP contribution is -2.42. The molecule has 21 heavy (non-hydrogen) atoms. The summed E-state index contributed by atoms with van der Waals surface area (Å²) < 4.78 is 5.63. The van der Waals surface area contributed by atoms with E-state index in [0.29, 0.717) is 19.1 Å². The maximum atomic E-state index is 6.10. The maximum absolute atomic E-state index is 6.10. The van der Waals surface area contributed by atoms with Crippen molar-refractivity contribution in [1.29, 1.82) is 0 Å². The van der Waals surface area contributed by atoms with Crippen molar-refractivity contribution in [3.8, 4) is 5.75 Å². The van der Waals surface area contributed by atoms with E-state index in [1.807, 2.05) is 25.1 Å². The fourth-order valence-electron chi connectivity index (χ4n) is 2.64. The lowest BCUT2D eigenvalue weighted by Gasteiger charge is -2.31. The van der Waals surface area contributed by atoms with Gasteiger partial charge in [0.15, 0.2) is 5.96 Å². The molecule has 0 amide bonds. The van der Waals surface area contributed by atoms with Crippen LogP contribution in [0, 0.1) is 5.92 Å². The van der Waals surface area contributed by atoms with Gasteiger partial charge < -0.3 is 15.4 Å². The lowest BCUT2D eigenvalue weighted by atomic mass is 10.00. The van der Waals surface area contributed by atoms with Crippen LogP contribution in [0.5, 0.6) is 5.75 Å².